The van der Waals surface area contributed by atoms with Gasteiger partial charge >= 0.3 is 0 Å². The van der Waals surface area contributed by atoms with E-state index >= 15 is 0 Å². The Morgan fingerprint density at radius 2 is 1.59 bits per heavy atom. The van der Waals surface area contributed by atoms with Gasteiger partial charge in [0.15, 0.2) is 0 Å². The Balaban J connectivity index is 0.701. The minimum atomic E-state index is -1.03. The molecular formula is C43H48N10O8. The zero-order valence-electron chi connectivity index (χ0n) is 33.5. The summed E-state index contributed by atoms with van der Waals surface area (Å²) in [5.41, 5.74) is 2.86. The highest BCUT2D eigenvalue weighted by molar-refractivity contribution is 6.25. The van der Waals surface area contributed by atoms with Gasteiger partial charge in [-0.05, 0) is 75.3 Å². The van der Waals surface area contributed by atoms with Crippen LogP contribution in [0.15, 0.2) is 61.1 Å². The smallest absolute Gasteiger partial charge is 0.264 e. The van der Waals surface area contributed by atoms with Crippen molar-refractivity contribution in [2.45, 2.75) is 69.5 Å². The minimum absolute atomic E-state index is 0.0238. The van der Waals surface area contributed by atoms with Crippen LogP contribution in [0.1, 0.15) is 82.4 Å². The second-order valence-corrected chi connectivity index (χ2v) is 15.6. The SMILES string of the molecule is O=C1CCC(N2C(=O)c3cccc(NCCOCCOCCNC(=O)[C@H]4CC[C@H](NC(=O)c5cnc(Nc6ccc7cnccc7n6)cc5NC5CC5)CC4)c3C2=O)C(=O)N1. The van der Waals surface area contributed by atoms with E-state index in [2.05, 4.69) is 46.9 Å². The summed E-state index contributed by atoms with van der Waals surface area (Å²) in [5.74, 6) is -1.37. The predicted molar refractivity (Wildman–Crippen MR) is 223 cm³/mol. The molecule has 2 aliphatic heterocycles. The lowest BCUT2D eigenvalue weighted by molar-refractivity contribution is -0.136. The molecular weight excluding hydrogens is 785 g/mol. The molecule has 4 aliphatic rings. The van der Waals surface area contributed by atoms with Crippen LogP contribution in [0, 0.1) is 5.92 Å². The molecule has 3 aromatic heterocycles. The molecule has 18 heteroatoms. The molecule has 8 rings (SSSR count). The topological polar surface area (TPSA) is 235 Å². The molecule has 6 amide bonds. The third kappa shape index (κ3) is 9.92. The summed E-state index contributed by atoms with van der Waals surface area (Å²) in [6.45, 7) is 1.97. The first kappa shape index (κ1) is 41.2. The molecule has 1 atom stereocenters. The molecule has 1 aromatic carbocycles. The number of amides is 6. The van der Waals surface area contributed by atoms with E-state index < -0.39 is 29.7 Å². The molecule has 61 heavy (non-hydrogen) atoms. The lowest BCUT2D eigenvalue weighted by Crippen LogP contribution is -2.54. The van der Waals surface area contributed by atoms with Crippen LogP contribution in [-0.2, 0) is 23.9 Å². The van der Waals surface area contributed by atoms with Crippen molar-refractivity contribution < 1.29 is 38.2 Å². The summed E-state index contributed by atoms with van der Waals surface area (Å²) in [6.07, 6.45) is 9.99. The van der Waals surface area contributed by atoms with Gasteiger partial charge < -0.3 is 36.1 Å². The first-order valence-corrected chi connectivity index (χ1v) is 20.8. The van der Waals surface area contributed by atoms with Crippen molar-refractivity contribution in [2.75, 3.05) is 55.5 Å². The number of rotatable bonds is 18. The van der Waals surface area contributed by atoms with Crippen molar-refractivity contribution in [1.82, 2.24) is 35.8 Å². The van der Waals surface area contributed by atoms with Crippen LogP contribution < -0.4 is 31.9 Å². The Labute approximate surface area is 351 Å². The molecule has 5 heterocycles. The van der Waals surface area contributed by atoms with Crippen LogP contribution in [0.4, 0.5) is 23.0 Å². The van der Waals surface area contributed by atoms with E-state index in [4.69, 9.17) is 9.47 Å². The van der Waals surface area contributed by atoms with Crippen molar-refractivity contribution in [3.63, 3.8) is 0 Å². The third-order valence-corrected chi connectivity index (χ3v) is 11.2. The number of carbonyl (C=O) groups is 6. The Hall–Kier alpha value is -6.53. The summed E-state index contributed by atoms with van der Waals surface area (Å²) in [6, 6.07) is 11.6. The standard InChI is InChI=1S/C43H48N10O8/c54-37-13-11-34(41(57)52-37)53-42(58)29-2-1-3-32(38(29)43(53)59)45-16-18-60-20-21-61-19-17-46-39(55)25-4-7-28(8-5-25)49-40(56)30-24-47-36(22-33(30)48-27-9-10-27)51-35-12-6-26-23-44-15-14-31(26)50-35/h1-3,6,12,14-15,22-25,27-28,34,45H,4-5,7-11,13,16-21H2,(H,46,55)(H,49,56)(H,52,54,57)(H2,47,48,50,51)/t25-,28-,34?. The highest BCUT2D eigenvalue weighted by Gasteiger charge is 2.45. The van der Waals surface area contributed by atoms with Gasteiger partial charge in [0.2, 0.25) is 17.7 Å². The largest absolute Gasteiger partial charge is 0.382 e. The van der Waals surface area contributed by atoms with E-state index in [9.17, 15) is 28.8 Å². The Morgan fingerprint density at radius 1 is 0.803 bits per heavy atom. The van der Waals surface area contributed by atoms with E-state index in [-0.39, 0.29) is 47.7 Å². The first-order chi connectivity index (χ1) is 29.7. The third-order valence-electron chi connectivity index (χ3n) is 11.2. The van der Waals surface area contributed by atoms with Crippen LogP contribution in [0.5, 0.6) is 0 Å². The zero-order chi connectivity index (χ0) is 42.3. The number of anilines is 4. The molecule has 2 aliphatic carbocycles. The highest BCUT2D eigenvalue weighted by Crippen LogP contribution is 2.33. The van der Waals surface area contributed by atoms with Crippen molar-refractivity contribution >= 4 is 69.4 Å². The fourth-order valence-corrected chi connectivity index (χ4v) is 7.83. The summed E-state index contributed by atoms with van der Waals surface area (Å²) < 4.78 is 11.3. The quantitative estimate of drug-likeness (QED) is 0.0624. The number of hydrogen-bond donors (Lipinski definition) is 6. The van der Waals surface area contributed by atoms with Crippen molar-refractivity contribution in [2.24, 2.45) is 5.92 Å². The fourth-order valence-electron chi connectivity index (χ4n) is 7.83. The number of benzene rings is 1. The summed E-state index contributed by atoms with van der Waals surface area (Å²) >= 11 is 0. The van der Waals surface area contributed by atoms with Crippen molar-refractivity contribution in [3.8, 4) is 0 Å². The lowest BCUT2D eigenvalue weighted by Gasteiger charge is -2.28. The van der Waals surface area contributed by atoms with Gasteiger partial charge in [0.1, 0.15) is 17.7 Å². The maximum absolute atomic E-state index is 13.5. The number of hydrogen-bond acceptors (Lipinski definition) is 14. The number of carbonyl (C=O) groups excluding carboxylic acids is 6. The first-order valence-electron chi connectivity index (χ1n) is 20.8. The zero-order valence-corrected chi connectivity index (χ0v) is 33.5. The molecule has 0 radical (unpaired) electrons. The van der Waals surface area contributed by atoms with Gasteiger partial charge in [0.25, 0.3) is 17.7 Å². The Morgan fingerprint density at radius 3 is 2.38 bits per heavy atom. The molecule has 1 unspecified atom stereocenters. The molecule has 6 N–H and O–H groups in total. The van der Waals surface area contributed by atoms with Crippen LogP contribution in [0.2, 0.25) is 0 Å². The fraction of sp³-hybridized carbons (Fsp3) is 0.419. The van der Waals surface area contributed by atoms with Crippen LogP contribution in [0.3, 0.4) is 0 Å². The number of nitrogens with zero attached hydrogens (tertiary/aromatic N) is 4. The van der Waals surface area contributed by atoms with Crippen LogP contribution in [-0.4, -0.2) is 113 Å². The number of pyridine rings is 3. The van der Waals surface area contributed by atoms with E-state index in [0.717, 1.165) is 28.6 Å². The lowest BCUT2D eigenvalue weighted by atomic mass is 9.85. The van der Waals surface area contributed by atoms with Gasteiger partial charge in [-0.3, -0.25) is 44.0 Å². The van der Waals surface area contributed by atoms with Gasteiger partial charge in [-0.25, -0.2) is 9.97 Å². The molecule has 3 fully saturated rings. The van der Waals surface area contributed by atoms with Gasteiger partial charge in [-0.15, -0.1) is 0 Å². The van der Waals surface area contributed by atoms with Gasteiger partial charge in [0, 0.05) is 73.2 Å². The van der Waals surface area contributed by atoms with Gasteiger partial charge in [-0.2, -0.15) is 0 Å². The number of imide groups is 2. The van der Waals surface area contributed by atoms with E-state index in [1.165, 1.54) is 0 Å². The molecule has 18 nitrogen and oxygen atoms in total. The molecule has 1 saturated heterocycles. The maximum Gasteiger partial charge on any atom is 0.264 e. The van der Waals surface area contributed by atoms with Crippen LogP contribution >= 0.6 is 0 Å². The molecule has 4 aromatic rings. The Kier molecular flexibility index (Phi) is 12.7. The summed E-state index contributed by atoms with van der Waals surface area (Å²) in [7, 11) is 0. The predicted octanol–water partition coefficient (Wildman–Crippen LogP) is 3.29. The highest BCUT2D eigenvalue weighted by atomic mass is 16.5. The summed E-state index contributed by atoms with van der Waals surface area (Å²) in [4.78, 5) is 90.8. The number of nitrogens with one attached hydrogen (secondary N) is 6. The average molecular weight is 833 g/mol. The normalized spacial score (nSPS) is 19.9. The molecule has 2 saturated carbocycles. The maximum atomic E-state index is 13.5. The number of aromatic nitrogens is 3. The van der Waals surface area contributed by atoms with Crippen molar-refractivity contribution in [3.05, 3.63) is 77.7 Å². The second-order valence-electron chi connectivity index (χ2n) is 15.6. The van der Waals surface area contributed by atoms with Crippen molar-refractivity contribution in [1.29, 1.82) is 0 Å². The molecule has 0 bridgehead atoms. The minimum Gasteiger partial charge on any atom is -0.382 e. The summed E-state index contributed by atoms with van der Waals surface area (Å²) in [5, 5.41) is 19.1. The van der Waals surface area contributed by atoms with Gasteiger partial charge in [-0.1, -0.05) is 6.07 Å². The van der Waals surface area contributed by atoms with Gasteiger partial charge in [0.05, 0.1) is 54.3 Å². The number of ether oxygens (including phenoxy) is 2. The number of piperidine rings is 1. The molecule has 0 spiro atoms. The van der Waals surface area contributed by atoms with E-state index in [1.807, 2.05) is 24.3 Å². The second kappa shape index (κ2) is 18.8. The monoisotopic (exact) mass is 832 g/mol. The Bertz CT molecular complexity index is 2330. The number of fused-ring (bicyclic) bond motifs is 2. The van der Waals surface area contributed by atoms with Crippen LogP contribution in [0.25, 0.3) is 10.9 Å². The van der Waals surface area contributed by atoms with E-state index in [1.54, 1.807) is 36.8 Å². The molecule has 318 valence electrons. The van der Waals surface area contributed by atoms with E-state index in [0.29, 0.717) is 99.8 Å². The average Bonchev–Trinajstić information content (AvgIpc) is 4.05.